The maximum absolute atomic E-state index is 12.7. The molecule has 25 heavy (non-hydrogen) atoms. The lowest BCUT2D eigenvalue weighted by atomic mass is 9.98. The van der Waals surface area contributed by atoms with Gasteiger partial charge in [-0.2, -0.15) is 5.10 Å². The van der Waals surface area contributed by atoms with Gasteiger partial charge in [0.1, 0.15) is 0 Å². The molecule has 2 aromatic heterocycles. The Morgan fingerprint density at radius 3 is 2.76 bits per heavy atom. The zero-order valence-electron chi connectivity index (χ0n) is 13.8. The first-order valence-electron chi connectivity index (χ1n) is 8.16. The third kappa shape index (κ3) is 3.15. The SMILES string of the molecule is Cc1ccc(C2=CCN(C(=O)c3cc4ncc(Cl)cn4n3)CC2)cc1. The van der Waals surface area contributed by atoms with E-state index in [-0.39, 0.29) is 5.91 Å². The normalized spacial score (nSPS) is 14.6. The van der Waals surface area contributed by atoms with Crippen LogP contribution < -0.4 is 0 Å². The van der Waals surface area contributed by atoms with Gasteiger partial charge >= 0.3 is 0 Å². The van der Waals surface area contributed by atoms with Gasteiger partial charge in [0.25, 0.3) is 5.91 Å². The molecule has 126 valence electrons. The molecule has 0 radical (unpaired) electrons. The van der Waals surface area contributed by atoms with Crippen molar-refractivity contribution < 1.29 is 4.79 Å². The smallest absolute Gasteiger partial charge is 0.274 e. The molecule has 0 fully saturated rings. The summed E-state index contributed by atoms with van der Waals surface area (Å²) >= 11 is 5.91. The summed E-state index contributed by atoms with van der Waals surface area (Å²) in [4.78, 5) is 18.7. The van der Waals surface area contributed by atoms with Gasteiger partial charge in [-0.3, -0.25) is 4.79 Å². The number of fused-ring (bicyclic) bond motifs is 1. The van der Waals surface area contributed by atoms with Gasteiger partial charge in [0.05, 0.1) is 11.2 Å². The summed E-state index contributed by atoms with van der Waals surface area (Å²) in [5.41, 5.74) is 4.76. The number of hydrogen-bond acceptors (Lipinski definition) is 3. The minimum Gasteiger partial charge on any atom is -0.333 e. The highest BCUT2D eigenvalue weighted by Crippen LogP contribution is 2.23. The van der Waals surface area contributed by atoms with Crippen molar-refractivity contribution in [3.05, 3.63) is 70.6 Å². The molecule has 0 aliphatic carbocycles. The van der Waals surface area contributed by atoms with Crippen LogP contribution in [-0.4, -0.2) is 38.5 Å². The Kier molecular flexibility index (Phi) is 4.01. The number of aryl methyl sites for hydroxylation is 1. The summed E-state index contributed by atoms with van der Waals surface area (Å²) in [6.07, 6.45) is 6.15. The Hall–Kier alpha value is -2.66. The van der Waals surface area contributed by atoms with Crippen LogP contribution in [0.5, 0.6) is 0 Å². The van der Waals surface area contributed by atoms with Crippen LogP contribution in [-0.2, 0) is 0 Å². The number of halogens is 1. The first-order chi connectivity index (χ1) is 12.1. The number of hydrogen-bond donors (Lipinski definition) is 0. The zero-order chi connectivity index (χ0) is 17.4. The van der Waals surface area contributed by atoms with Gasteiger partial charge < -0.3 is 4.90 Å². The summed E-state index contributed by atoms with van der Waals surface area (Å²) < 4.78 is 1.53. The predicted molar refractivity (Wildman–Crippen MR) is 97.7 cm³/mol. The first-order valence-corrected chi connectivity index (χ1v) is 8.54. The van der Waals surface area contributed by atoms with E-state index >= 15 is 0 Å². The molecule has 1 aromatic carbocycles. The quantitative estimate of drug-likeness (QED) is 0.707. The molecule has 0 atom stereocenters. The van der Waals surface area contributed by atoms with Crippen molar-refractivity contribution in [1.29, 1.82) is 0 Å². The molecule has 3 aromatic rings. The van der Waals surface area contributed by atoms with Crippen LogP contribution in [0.25, 0.3) is 11.2 Å². The van der Waals surface area contributed by atoms with Crippen LogP contribution in [0.2, 0.25) is 5.02 Å². The summed E-state index contributed by atoms with van der Waals surface area (Å²) in [5, 5.41) is 4.78. The molecule has 1 amide bonds. The Bertz CT molecular complexity index is 975. The molecular weight excluding hydrogens is 336 g/mol. The molecule has 1 aliphatic rings. The largest absolute Gasteiger partial charge is 0.333 e. The molecule has 3 heterocycles. The molecule has 0 spiro atoms. The molecule has 0 saturated heterocycles. The van der Waals surface area contributed by atoms with Gasteiger partial charge in [0, 0.05) is 25.4 Å². The highest BCUT2D eigenvalue weighted by molar-refractivity contribution is 6.30. The van der Waals surface area contributed by atoms with Gasteiger partial charge in [-0.1, -0.05) is 47.5 Å². The second kappa shape index (κ2) is 6.33. The van der Waals surface area contributed by atoms with Gasteiger partial charge in [0.2, 0.25) is 0 Å². The van der Waals surface area contributed by atoms with E-state index < -0.39 is 0 Å². The molecule has 0 bridgehead atoms. The van der Waals surface area contributed by atoms with E-state index in [1.165, 1.54) is 21.2 Å². The molecule has 1 aliphatic heterocycles. The number of nitrogens with zero attached hydrogens (tertiary/aromatic N) is 4. The van der Waals surface area contributed by atoms with E-state index in [1.54, 1.807) is 23.4 Å². The summed E-state index contributed by atoms with van der Waals surface area (Å²) in [7, 11) is 0. The van der Waals surface area contributed by atoms with Gasteiger partial charge in [0.15, 0.2) is 11.3 Å². The van der Waals surface area contributed by atoms with E-state index in [0.29, 0.717) is 29.5 Å². The van der Waals surface area contributed by atoms with Crippen LogP contribution in [0.3, 0.4) is 0 Å². The summed E-state index contributed by atoms with van der Waals surface area (Å²) in [5.74, 6) is -0.0826. The highest BCUT2D eigenvalue weighted by atomic mass is 35.5. The number of carbonyl (C=O) groups is 1. The minimum atomic E-state index is -0.0826. The van der Waals surface area contributed by atoms with Crippen LogP contribution in [0.15, 0.2) is 48.8 Å². The summed E-state index contributed by atoms with van der Waals surface area (Å²) in [6, 6.07) is 10.2. The number of carbonyl (C=O) groups excluding carboxylic acids is 1. The minimum absolute atomic E-state index is 0.0826. The fraction of sp³-hybridized carbons (Fsp3) is 0.211. The van der Waals surface area contributed by atoms with Crippen molar-refractivity contribution in [2.75, 3.05) is 13.1 Å². The van der Waals surface area contributed by atoms with Gasteiger partial charge in [-0.05, 0) is 24.5 Å². The van der Waals surface area contributed by atoms with E-state index in [0.717, 1.165) is 6.42 Å². The van der Waals surface area contributed by atoms with Gasteiger partial charge in [-0.25, -0.2) is 9.50 Å². The Labute approximate surface area is 150 Å². The van der Waals surface area contributed by atoms with Crippen LogP contribution in [0.1, 0.15) is 28.0 Å². The Balaban J connectivity index is 1.52. The molecule has 4 rings (SSSR count). The molecule has 0 unspecified atom stereocenters. The molecule has 0 N–H and O–H groups in total. The van der Waals surface area contributed by atoms with Crippen molar-refractivity contribution in [2.24, 2.45) is 0 Å². The van der Waals surface area contributed by atoms with E-state index in [2.05, 4.69) is 47.3 Å². The van der Waals surface area contributed by atoms with E-state index in [4.69, 9.17) is 11.6 Å². The lowest BCUT2D eigenvalue weighted by molar-refractivity contribution is 0.0766. The number of aromatic nitrogens is 3. The monoisotopic (exact) mass is 352 g/mol. The standard InChI is InChI=1S/C19H17ClN4O/c1-13-2-4-14(5-3-13)15-6-8-23(9-7-15)19(25)17-10-18-21-11-16(20)12-24(18)22-17/h2-6,10-12H,7-9H2,1H3. The average Bonchev–Trinajstić information content (AvgIpc) is 3.05. The predicted octanol–water partition coefficient (Wildman–Crippen LogP) is 3.62. The maximum atomic E-state index is 12.7. The van der Waals surface area contributed by atoms with Crippen LogP contribution in [0.4, 0.5) is 0 Å². The zero-order valence-corrected chi connectivity index (χ0v) is 14.6. The fourth-order valence-corrected chi connectivity index (χ4v) is 3.15. The fourth-order valence-electron chi connectivity index (χ4n) is 3.00. The summed E-state index contributed by atoms with van der Waals surface area (Å²) in [6.45, 7) is 3.35. The maximum Gasteiger partial charge on any atom is 0.274 e. The molecule has 6 heteroatoms. The van der Waals surface area contributed by atoms with E-state index in [9.17, 15) is 4.79 Å². The first kappa shape index (κ1) is 15.8. The van der Waals surface area contributed by atoms with Crippen molar-refractivity contribution in [3.63, 3.8) is 0 Å². The molecular formula is C19H17ClN4O. The van der Waals surface area contributed by atoms with E-state index in [1.807, 2.05) is 0 Å². The third-order valence-electron chi connectivity index (χ3n) is 4.42. The number of amides is 1. The van der Waals surface area contributed by atoms with Gasteiger partial charge in [-0.15, -0.1) is 0 Å². The second-order valence-corrected chi connectivity index (χ2v) is 6.64. The number of benzene rings is 1. The van der Waals surface area contributed by atoms with Crippen molar-refractivity contribution >= 4 is 28.7 Å². The molecule has 0 saturated carbocycles. The Morgan fingerprint density at radius 2 is 2.04 bits per heavy atom. The van der Waals surface area contributed by atoms with Crippen molar-refractivity contribution in [3.8, 4) is 0 Å². The lowest BCUT2D eigenvalue weighted by Crippen LogP contribution is -2.34. The second-order valence-electron chi connectivity index (χ2n) is 6.20. The van der Waals surface area contributed by atoms with Crippen LogP contribution >= 0.6 is 11.6 Å². The number of rotatable bonds is 2. The average molecular weight is 353 g/mol. The topological polar surface area (TPSA) is 50.5 Å². The molecule has 5 nitrogen and oxygen atoms in total. The Morgan fingerprint density at radius 1 is 1.24 bits per heavy atom. The lowest BCUT2D eigenvalue weighted by Gasteiger charge is -2.26. The third-order valence-corrected chi connectivity index (χ3v) is 4.61. The van der Waals surface area contributed by atoms with Crippen molar-refractivity contribution in [1.82, 2.24) is 19.5 Å². The van der Waals surface area contributed by atoms with Crippen LogP contribution in [0, 0.1) is 6.92 Å². The highest BCUT2D eigenvalue weighted by Gasteiger charge is 2.22. The van der Waals surface area contributed by atoms with Crippen molar-refractivity contribution in [2.45, 2.75) is 13.3 Å².